The van der Waals surface area contributed by atoms with E-state index < -0.39 is 11.9 Å². The maximum absolute atomic E-state index is 14.7. The zero-order valence-corrected chi connectivity index (χ0v) is 25.9. The number of fused-ring (bicyclic) bond motifs is 1. The van der Waals surface area contributed by atoms with Crippen molar-refractivity contribution in [2.24, 2.45) is 5.92 Å². The number of carboxylic acid groups (broad SMARTS) is 1. The van der Waals surface area contributed by atoms with E-state index in [1.807, 2.05) is 66.7 Å². The van der Waals surface area contributed by atoms with Gasteiger partial charge < -0.3 is 19.3 Å². The van der Waals surface area contributed by atoms with Gasteiger partial charge in [0.25, 0.3) is 0 Å². The Morgan fingerprint density at radius 1 is 0.977 bits per heavy atom. The number of para-hydroxylation sites is 3. The molecule has 1 aliphatic carbocycles. The summed E-state index contributed by atoms with van der Waals surface area (Å²) in [5.41, 5.74) is 3.44. The molecule has 5 rings (SSSR count). The van der Waals surface area contributed by atoms with Gasteiger partial charge in [-0.1, -0.05) is 85.6 Å². The Hall–Kier alpha value is -4.11. The Morgan fingerprint density at radius 3 is 2.43 bits per heavy atom. The summed E-state index contributed by atoms with van der Waals surface area (Å²) in [6, 6.07) is 24.7. The van der Waals surface area contributed by atoms with Crippen molar-refractivity contribution >= 4 is 46.3 Å². The van der Waals surface area contributed by atoms with E-state index in [-0.39, 0.29) is 30.9 Å². The molecular weight excluding hydrogens is 574 g/mol. The number of benzene rings is 3. The molecule has 44 heavy (non-hydrogen) atoms. The van der Waals surface area contributed by atoms with Crippen molar-refractivity contribution in [1.29, 1.82) is 0 Å². The lowest BCUT2D eigenvalue weighted by Crippen LogP contribution is -2.40. The van der Waals surface area contributed by atoms with Crippen LogP contribution in [0.25, 0.3) is 11.0 Å². The standard InChI is InChI=1S/C35H39N3O5S/c1-2-43-34(42)27-18-9-11-20-29(27)37(33(41)32(25-14-5-3-6-15-25)26-16-7-4-8-17-26)22-13-23-44-35-36-28-19-10-12-21-30(28)38(35)24-31(39)40/h3,5-6,9-12,14-15,18-21,26,32H,2,4,7-8,13,16-17,22-24H2,1H3,(H,39,40). The number of thioether (sulfide) groups is 1. The first-order valence-corrected chi connectivity index (χ1v) is 16.4. The SMILES string of the molecule is CCOC(=O)c1ccccc1N(CCCSc1nc2ccccc2n1CC(=O)O)C(=O)C(c1ccccc1)C1CCCCC1. The molecule has 230 valence electrons. The lowest BCUT2D eigenvalue weighted by molar-refractivity contribution is -0.137. The number of carbonyl (C=O) groups is 3. The Morgan fingerprint density at radius 2 is 1.68 bits per heavy atom. The van der Waals surface area contributed by atoms with Gasteiger partial charge in [0.2, 0.25) is 5.91 Å². The van der Waals surface area contributed by atoms with E-state index in [0.29, 0.717) is 35.1 Å². The summed E-state index contributed by atoms with van der Waals surface area (Å²) in [4.78, 5) is 45.8. The summed E-state index contributed by atoms with van der Waals surface area (Å²) in [5, 5.41) is 10.2. The quantitative estimate of drug-likeness (QED) is 0.0968. The van der Waals surface area contributed by atoms with E-state index in [9.17, 15) is 19.5 Å². The van der Waals surface area contributed by atoms with Gasteiger partial charge in [-0.05, 0) is 61.9 Å². The molecule has 1 unspecified atom stereocenters. The number of hydrogen-bond acceptors (Lipinski definition) is 6. The zero-order valence-electron chi connectivity index (χ0n) is 25.1. The molecule has 1 aromatic heterocycles. The fourth-order valence-corrected chi connectivity index (χ4v) is 7.13. The van der Waals surface area contributed by atoms with E-state index in [1.165, 1.54) is 18.2 Å². The highest BCUT2D eigenvalue weighted by Gasteiger charge is 2.35. The first-order valence-electron chi connectivity index (χ1n) is 15.4. The van der Waals surface area contributed by atoms with Crippen LogP contribution in [0.2, 0.25) is 0 Å². The number of amides is 1. The number of esters is 1. The maximum atomic E-state index is 14.7. The maximum Gasteiger partial charge on any atom is 0.340 e. The van der Waals surface area contributed by atoms with E-state index in [2.05, 4.69) is 4.98 Å². The minimum absolute atomic E-state index is 0.0111. The molecule has 1 aliphatic rings. The molecule has 0 aliphatic heterocycles. The molecule has 0 radical (unpaired) electrons. The van der Waals surface area contributed by atoms with Crippen LogP contribution in [-0.4, -0.2) is 51.4 Å². The van der Waals surface area contributed by atoms with Crippen LogP contribution in [0, 0.1) is 5.92 Å². The molecule has 4 aromatic rings. The van der Waals surface area contributed by atoms with E-state index >= 15 is 0 Å². The third-order valence-electron chi connectivity index (χ3n) is 8.17. The van der Waals surface area contributed by atoms with Gasteiger partial charge >= 0.3 is 11.9 Å². The van der Waals surface area contributed by atoms with Crippen molar-refractivity contribution in [3.05, 3.63) is 90.0 Å². The average molecular weight is 614 g/mol. The van der Waals surface area contributed by atoms with Crippen molar-refractivity contribution in [2.45, 2.75) is 63.1 Å². The Balaban J connectivity index is 1.44. The van der Waals surface area contributed by atoms with Crippen LogP contribution in [-0.2, 0) is 20.9 Å². The van der Waals surface area contributed by atoms with Gasteiger partial charge in [0.1, 0.15) is 6.54 Å². The number of aromatic nitrogens is 2. The molecule has 1 N–H and O–H groups in total. The second-order valence-corrected chi connectivity index (χ2v) is 12.1. The Labute approximate surface area is 262 Å². The number of anilines is 1. The molecule has 8 nitrogen and oxygen atoms in total. The topological polar surface area (TPSA) is 102 Å². The van der Waals surface area contributed by atoms with Crippen molar-refractivity contribution in [1.82, 2.24) is 9.55 Å². The number of carbonyl (C=O) groups excluding carboxylic acids is 2. The highest BCUT2D eigenvalue weighted by Crippen LogP contribution is 2.39. The van der Waals surface area contributed by atoms with Gasteiger partial charge in [0.15, 0.2) is 5.16 Å². The summed E-state index contributed by atoms with van der Waals surface area (Å²) in [5.74, 6) is -0.889. The van der Waals surface area contributed by atoms with Crippen LogP contribution in [0.4, 0.5) is 5.69 Å². The van der Waals surface area contributed by atoms with Gasteiger partial charge in [-0.15, -0.1) is 0 Å². The average Bonchev–Trinajstić information content (AvgIpc) is 3.38. The summed E-state index contributed by atoms with van der Waals surface area (Å²) in [6.45, 7) is 2.22. The lowest BCUT2D eigenvalue weighted by Gasteiger charge is -2.35. The van der Waals surface area contributed by atoms with Gasteiger partial charge in [-0.25, -0.2) is 9.78 Å². The fraction of sp³-hybridized carbons (Fsp3) is 0.371. The monoisotopic (exact) mass is 613 g/mol. The van der Waals surface area contributed by atoms with E-state index in [1.54, 1.807) is 28.5 Å². The van der Waals surface area contributed by atoms with Crippen LogP contribution in [0.3, 0.4) is 0 Å². The van der Waals surface area contributed by atoms with Gasteiger partial charge in [0, 0.05) is 12.3 Å². The molecule has 1 saturated carbocycles. The number of ether oxygens (including phenoxy) is 1. The first-order chi connectivity index (χ1) is 21.5. The molecule has 3 aromatic carbocycles. The van der Waals surface area contributed by atoms with E-state index in [4.69, 9.17) is 4.74 Å². The Bertz CT molecular complexity index is 1580. The summed E-state index contributed by atoms with van der Waals surface area (Å²) < 4.78 is 7.10. The fourth-order valence-electron chi connectivity index (χ4n) is 6.19. The molecule has 1 heterocycles. The number of nitrogens with zero attached hydrogens (tertiary/aromatic N) is 3. The smallest absolute Gasteiger partial charge is 0.340 e. The molecule has 0 spiro atoms. The highest BCUT2D eigenvalue weighted by atomic mass is 32.2. The van der Waals surface area contributed by atoms with E-state index in [0.717, 1.165) is 42.3 Å². The van der Waals surface area contributed by atoms with Crippen molar-refractivity contribution < 1.29 is 24.2 Å². The molecule has 0 saturated heterocycles. The minimum Gasteiger partial charge on any atom is -0.480 e. The summed E-state index contributed by atoms with van der Waals surface area (Å²) >= 11 is 1.47. The number of hydrogen-bond donors (Lipinski definition) is 1. The second kappa shape index (κ2) is 15.1. The Kier molecular flexibility index (Phi) is 10.7. The molecule has 1 amide bonds. The minimum atomic E-state index is -0.933. The normalized spacial score (nSPS) is 14.3. The van der Waals surface area contributed by atoms with Crippen LogP contribution in [0.5, 0.6) is 0 Å². The third-order valence-corrected chi connectivity index (χ3v) is 9.23. The molecule has 0 bridgehead atoms. The highest BCUT2D eigenvalue weighted by molar-refractivity contribution is 7.99. The van der Waals surface area contributed by atoms with Crippen LogP contribution in [0.1, 0.15) is 67.3 Å². The second-order valence-electron chi connectivity index (χ2n) is 11.1. The molecule has 9 heteroatoms. The first kappa shape index (κ1) is 31.3. The lowest BCUT2D eigenvalue weighted by atomic mass is 9.76. The zero-order chi connectivity index (χ0) is 30.9. The summed E-state index contributed by atoms with van der Waals surface area (Å²) in [6.07, 6.45) is 5.99. The predicted molar refractivity (Wildman–Crippen MR) is 173 cm³/mol. The van der Waals surface area contributed by atoms with Crippen molar-refractivity contribution in [3.8, 4) is 0 Å². The number of rotatable bonds is 13. The molecule has 1 atom stereocenters. The van der Waals surface area contributed by atoms with Gasteiger partial charge in [-0.2, -0.15) is 0 Å². The predicted octanol–water partition coefficient (Wildman–Crippen LogP) is 7.18. The van der Waals surface area contributed by atoms with Crippen LogP contribution in [0.15, 0.2) is 84.0 Å². The molecule has 1 fully saturated rings. The number of aliphatic carboxylic acids is 1. The van der Waals surface area contributed by atoms with Gasteiger partial charge in [0.05, 0.1) is 34.8 Å². The summed E-state index contributed by atoms with van der Waals surface area (Å²) in [7, 11) is 0. The van der Waals surface area contributed by atoms with Crippen LogP contribution >= 0.6 is 11.8 Å². The number of imidazole rings is 1. The molecular formula is C35H39N3O5S. The van der Waals surface area contributed by atoms with Crippen LogP contribution < -0.4 is 4.90 Å². The third kappa shape index (κ3) is 7.33. The van der Waals surface area contributed by atoms with Crippen molar-refractivity contribution in [2.75, 3.05) is 23.8 Å². The van der Waals surface area contributed by atoms with Gasteiger partial charge in [-0.3, -0.25) is 9.59 Å². The van der Waals surface area contributed by atoms with Crippen molar-refractivity contribution in [3.63, 3.8) is 0 Å². The number of carboxylic acids is 1. The largest absolute Gasteiger partial charge is 0.480 e.